The zero-order chi connectivity index (χ0) is 25.5. The van der Waals surface area contributed by atoms with E-state index in [-0.39, 0.29) is 4.90 Å². The van der Waals surface area contributed by atoms with Crippen LogP contribution in [-0.4, -0.2) is 27.5 Å². The smallest absolute Gasteiger partial charge is 0.264 e. The molecule has 0 aromatic heterocycles. The molecule has 4 aromatic carbocycles. The van der Waals surface area contributed by atoms with Crippen molar-refractivity contribution in [3.05, 3.63) is 108 Å². The van der Waals surface area contributed by atoms with E-state index in [1.165, 1.54) is 12.1 Å². The van der Waals surface area contributed by atoms with Crippen LogP contribution in [0.4, 0.5) is 11.4 Å². The van der Waals surface area contributed by atoms with E-state index in [4.69, 9.17) is 4.74 Å². The molecule has 0 bridgehead atoms. The first-order valence-electron chi connectivity index (χ1n) is 11.3. The van der Waals surface area contributed by atoms with Crippen molar-refractivity contribution in [2.75, 3.05) is 22.8 Å². The van der Waals surface area contributed by atoms with Crippen LogP contribution >= 0.6 is 15.9 Å². The Morgan fingerprint density at radius 1 is 0.861 bits per heavy atom. The molecule has 0 saturated heterocycles. The summed E-state index contributed by atoms with van der Waals surface area (Å²) >= 11 is 3.33. The molecule has 1 amide bonds. The lowest BCUT2D eigenvalue weighted by Gasteiger charge is -2.24. The number of nitrogens with zero attached hydrogens (tertiary/aromatic N) is 1. The van der Waals surface area contributed by atoms with Gasteiger partial charge in [0, 0.05) is 15.7 Å². The Hall–Kier alpha value is -3.62. The molecule has 8 heteroatoms. The molecule has 0 aliphatic rings. The summed E-state index contributed by atoms with van der Waals surface area (Å²) in [5, 5.41) is 2.90. The molecule has 4 aromatic rings. The Morgan fingerprint density at radius 3 is 2.17 bits per heavy atom. The zero-order valence-corrected chi connectivity index (χ0v) is 22.0. The molecular weight excluding hydrogens is 540 g/mol. The van der Waals surface area contributed by atoms with Crippen molar-refractivity contribution in [1.82, 2.24) is 0 Å². The van der Waals surface area contributed by atoms with E-state index < -0.39 is 22.5 Å². The van der Waals surface area contributed by atoms with Crippen LogP contribution in [0.5, 0.6) is 5.75 Å². The summed E-state index contributed by atoms with van der Waals surface area (Å²) in [6.07, 6.45) is 0. The van der Waals surface area contributed by atoms with Gasteiger partial charge in [0.05, 0.1) is 17.2 Å². The standard InChI is InChI=1S/C28H25BrN2O4S/c1-2-35-24-16-14-23(15-17-24)31(36(33,34)25-18-12-22(29)13-19-25)20-28(32)30-27-11-7-6-10-26(27)21-8-4-3-5-9-21/h3-19H,2,20H2,1H3,(H,30,32). The van der Waals surface area contributed by atoms with Gasteiger partial charge in [-0.3, -0.25) is 9.10 Å². The Bertz CT molecular complexity index is 1420. The van der Waals surface area contributed by atoms with Crippen LogP contribution in [0.2, 0.25) is 0 Å². The maximum atomic E-state index is 13.6. The molecule has 0 spiro atoms. The molecule has 0 aliphatic carbocycles. The number of hydrogen-bond acceptors (Lipinski definition) is 4. The molecule has 0 fully saturated rings. The van der Waals surface area contributed by atoms with Gasteiger partial charge in [-0.05, 0) is 67.1 Å². The number of benzene rings is 4. The van der Waals surface area contributed by atoms with E-state index in [1.54, 1.807) is 42.5 Å². The van der Waals surface area contributed by atoms with E-state index in [0.29, 0.717) is 23.7 Å². The highest BCUT2D eigenvalue weighted by molar-refractivity contribution is 9.10. The van der Waals surface area contributed by atoms with Gasteiger partial charge >= 0.3 is 0 Å². The van der Waals surface area contributed by atoms with E-state index in [9.17, 15) is 13.2 Å². The van der Waals surface area contributed by atoms with E-state index in [2.05, 4.69) is 21.2 Å². The third-order valence-corrected chi connectivity index (χ3v) is 7.73. The molecule has 0 unspecified atom stereocenters. The topological polar surface area (TPSA) is 75.7 Å². The first kappa shape index (κ1) is 25.5. The van der Waals surface area contributed by atoms with Crippen molar-refractivity contribution in [1.29, 1.82) is 0 Å². The Kier molecular flexibility index (Phi) is 8.07. The molecular formula is C28H25BrN2O4S. The minimum atomic E-state index is -4.03. The van der Waals surface area contributed by atoms with Gasteiger partial charge in [-0.15, -0.1) is 0 Å². The average molecular weight is 565 g/mol. The number of nitrogens with one attached hydrogen (secondary N) is 1. The SMILES string of the molecule is CCOc1ccc(N(CC(=O)Nc2ccccc2-c2ccccc2)S(=O)(=O)c2ccc(Br)cc2)cc1. The highest BCUT2D eigenvalue weighted by Crippen LogP contribution is 2.29. The number of rotatable bonds is 9. The maximum absolute atomic E-state index is 13.6. The largest absolute Gasteiger partial charge is 0.494 e. The lowest BCUT2D eigenvalue weighted by molar-refractivity contribution is -0.114. The predicted octanol–water partition coefficient (Wildman–Crippen LogP) is 6.35. The van der Waals surface area contributed by atoms with Gasteiger partial charge in [0.2, 0.25) is 5.91 Å². The normalized spacial score (nSPS) is 11.1. The van der Waals surface area contributed by atoms with Crippen LogP contribution in [0.1, 0.15) is 6.92 Å². The Labute approximate surface area is 219 Å². The third kappa shape index (κ3) is 5.95. The number of para-hydroxylation sites is 1. The number of carbonyl (C=O) groups is 1. The van der Waals surface area contributed by atoms with Gasteiger partial charge in [-0.25, -0.2) is 8.42 Å². The summed E-state index contributed by atoms with van der Waals surface area (Å²) in [6, 6.07) is 30.0. The summed E-state index contributed by atoms with van der Waals surface area (Å²) in [6.45, 7) is 1.95. The van der Waals surface area contributed by atoms with Gasteiger partial charge in [-0.2, -0.15) is 0 Å². The van der Waals surface area contributed by atoms with Crippen LogP contribution in [-0.2, 0) is 14.8 Å². The zero-order valence-electron chi connectivity index (χ0n) is 19.6. The molecule has 0 aliphatic heterocycles. The van der Waals surface area contributed by atoms with Crippen LogP contribution < -0.4 is 14.4 Å². The number of amides is 1. The van der Waals surface area contributed by atoms with Crippen molar-refractivity contribution >= 4 is 43.2 Å². The number of anilines is 2. The maximum Gasteiger partial charge on any atom is 0.264 e. The van der Waals surface area contributed by atoms with E-state index >= 15 is 0 Å². The fraction of sp³-hybridized carbons (Fsp3) is 0.107. The van der Waals surface area contributed by atoms with E-state index in [0.717, 1.165) is 19.9 Å². The molecule has 6 nitrogen and oxygen atoms in total. The number of ether oxygens (including phenoxy) is 1. The van der Waals surface area contributed by atoms with Crippen molar-refractivity contribution in [2.24, 2.45) is 0 Å². The van der Waals surface area contributed by atoms with Crippen LogP contribution in [0.25, 0.3) is 11.1 Å². The molecule has 1 N–H and O–H groups in total. The number of sulfonamides is 1. The molecule has 0 radical (unpaired) electrons. The Morgan fingerprint density at radius 2 is 1.50 bits per heavy atom. The van der Waals surface area contributed by atoms with Gasteiger partial charge < -0.3 is 10.1 Å². The fourth-order valence-corrected chi connectivity index (χ4v) is 5.39. The quantitative estimate of drug-likeness (QED) is 0.257. The molecule has 0 saturated carbocycles. The fourth-order valence-electron chi connectivity index (χ4n) is 3.71. The van der Waals surface area contributed by atoms with Gasteiger partial charge in [0.15, 0.2) is 0 Å². The predicted molar refractivity (Wildman–Crippen MR) is 147 cm³/mol. The number of halogens is 1. The first-order chi connectivity index (χ1) is 17.4. The van der Waals surface area contributed by atoms with Crippen molar-refractivity contribution in [2.45, 2.75) is 11.8 Å². The summed E-state index contributed by atoms with van der Waals surface area (Å²) < 4.78 is 34.6. The van der Waals surface area contributed by atoms with Crippen LogP contribution in [0.15, 0.2) is 112 Å². The molecule has 36 heavy (non-hydrogen) atoms. The summed E-state index contributed by atoms with van der Waals surface area (Å²) in [5.74, 6) is 0.149. The first-order valence-corrected chi connectivity index (χ1v) is 13.6. The second-order valence-electron chi connectivity index (χ2n) is 7.85. The van der Waals surface area contributed by atoms with Gasteiger partial charge in [0.25, 0.3) is 10.0 Å². The number of carbonyl (C=O) groups excluding carboxylic acids is 1. The van der Waals surface area contributed by atoms with Gasteiger partial charge in [0.1, 0.15) is 12.3 Å². The van der Waals surface area contributed by atoms with E-state index in [1.807, 2.05) is 55.5 Å². The monoisotopic (exact) mass is 564 g/mol. The van der Waals surface area contributed by atoms with Crippen molar-refractivity contribution in [3.63, 3.8) is 0 Å². The minimum Gasteiger partial charge on any atom is -0.494 e. The van der Waals surface area contributed by atoms with Crippen LogP contribution in [0, 0.1) is 0 Å². The van der Waals surface area contributed by atoms with Crippen molar-refractivity contribution < 1.29 is 17.9 Å². The summed E-state index contributed by atoms with van der Waals surface area (Å²) in [5.41, 5.74) is 2.74. The van der Waals surface area contributed by atoms with Gasteiger partial charge in [-0.1, -0.05) is 64.5 Å². The second-order valence-corrected chi connectivity index (χ2v) is 10.6. The average Bonchev–Trinajstić information content (AvgIpc) is 2.89. The third-order valence-electron chi connectivity index (χ3n) is 5.41. The molecule has 4 rings (SSSR count). The molecule has 0 heterocycles. The summed E-state index contributed by atoms with van der Waals surface area (Å²) in [4.78, 5) is 13.3. The lowest BCUT2D eigenvalue weighted by atomic mass is 10.0. The second kappa shape index (κ2) is 11.4. The Balaban J connectivity index is 1.66. The number of hydrogen-bond donors (Lipinski definition) is 1. The highest BCUT2D eigenvalue weighted by Gasteiger charge is 2.27. The molecule has 184 valence electrons. The lowest BCUT2D eigenvalue weighted by Crippen LogP contribution is -2.38. The summed E-state index contributed by atoms with van der Waals surface area (Å²) in [7, 11) is -4.03. The minimum absolute atomic E-state index is 0.0806. The molecule has 0 atom stereocenters. The van der Waals surface area contributed by atoms with Crippen LogP contribution in [0.3, 0.4) is 0 Å². The van der Waals surface area contributed by atoms with Crippen molar-refractivity contribution in [3.8, 4) is 16.9 Å². The highest BCUT2D eigenvalue weighted by atomic mass is 79.9.